The molecule has 2 heterocycles. The van der Waals surface area contributed by atoms with Crippen molar-refractivity contribution in [1.29, 1.82) is 0 Å². The predicted molar refractivity (Wildman–Crippen MR) is 98.3 cm³/mol. The number of aromatic nitrogens is 1. The molecule has 1 aromatic carbocycles. The molecule has 0 unspecified atom stereocenters. The quantitative estimate of drug-likeness (QED) is 0.470. The fraction of sp³-hybridized carbons (Fsp3) is 0.111. The van der Waals surface area contributed by atoms with Crippen molar-refractivity contribution < 1.29 is 14.3 Å². The van der Waals surface area contributed by atoms with Gasteiger partial charge in [-0.25, -0.2) is 4.98 Å². The van der Waals surface area contributed by atoms with Crippen LogP contribution in [0, 0.1) is 0 Å². The van der Waals surface area contributed by atoms with Crippen molar-refractivity contribution >= 4 is 34.5 Å². The number of thiazole rings is 1. The first kappa shape index (κ1) is 16.4. The van der Waals surface area contributed by atoms with Crippen molar-refractivity contribution in [2.75, 3.05) is 14.2 Å². The number of ketones is 1. The van der Waals surface area contributed by atoms with E-state index in [0.717, 1.165) is 15.6 Å². The van der Waals surface area contributed by atoms with Gasteiger partial charge in [-0.15, -0.1) is 22.7 Å². The predicted octanol–water partition coefficient (Wildman–Crippen LogP) is 4.78. The standard InChI is InChI=1S/C18H15NO3S2/c1-21-13-6-7-14(16(10-13)22-2)15(20)8-5-12-11-24-18(19-12)17-4-3-9-23-17/h3-11H,1-2H3/b8-5+. The molecule has 2 aromatic heterocycles. The van der Waals surface area contributed by atoms with Crippen LogP contribution in [0.4, 0.5) is 0 Å². The maximum atomic E-state index is 12.4. The third-order valence-corrected chi connectivity index (χ3v) is 5.23. The van der Waals surface area contributed by atoms with Gasteiger partial charge in [0.2, 0.25) is 0 Å². The molecule has 24 heavy (non-hydrogen) atoms. The van der Waals surface area contributed by atoms with E-state index in [1.54, 1.807) is 54.1 Å². The molecule has 0 aliphatic rings. The van der Waals surface area contributed by atoms with Crippen LogP contribution in [0.15, 0.2) is 47.2 Å². The summed E-state index contributed by atoms with van der Waals surface area (Å²) in [4.78, 5) is 18.1. The molecule has 0 atom stereocenters. The number of rotatable bonds is 6. The van der Waals surface area contributed by atoms with Gasteiger partial charge in [-0.1, -0.05) is 6.07 Å². The molecule has 0 fully saturated rings. The molecule has 0 aliphatic carbocycles. The molecule has 122 valence electrons. The highest BCUT2D eigenvalue weighted by Crippen LogP contribution is 2.28. The van der Waals surface area contributed by atoms with E-state index in [-0.39, 0.29) is 5.78 Å². The zero-order chi connectivity index (χ0) is 16.9. The Balaban J connectivity index is 1.78. The van der Waals surface area contributed by atoms with E-state index < -0.39 is 0 Å². The van der Waals surface area contributed by atoms with E-state index in [1.807, 2.05) is 22.9 Å². The molecule has 0 N–H and O–H groups in total. The van der Waals surface area contributed by atoms with Crippen LogP contribution in [0.25, 0.3) is 16.0 Å². The van der Waals surface area contributed by atoms with Gasteiger partial charge in [-0.3, -0.25) is 4.79 Å². The van der Waals surface area contributed by atoms with Gasteiger partial charge in [0.05, 0.1) is 30.4 Å². The number of methoxy groups -OCH3 is 2. The molecule has 0 amide bonds. The molecule has 0 bridgehead atoms. The minimum atomic E-state index is -0.139. The van der Waals surface area contributed by atoms with Gasteiger partial charge >= 0.3 is 0 Å². The minimum absolute atomic E-state index is 0.139. The molecule has 3 rings (SSSR count). The van der Waals surface area contributed by atoms with Crippen molar-refractivity contribution in [3.63, 3.8) is 0 Å². The Kier molecular flexibility index (Phi) is 5.08. The Morgan fingerprint density at radius 2 is 2.04 bits per heavy atom. The van der Waals surface area contributed by atoms with E-state index in [2.05, 4.69) is 4.98 Å². The summed E-state index contributed by atoms with van der Waals surface area (Å²) in [6.45, 7) is 0. The topological polar surface area (TPSA) is 48.4 Å². The summed E-state index contributed by atoms with van der Waals surface area (Å²) < 4.78 is 10.4. The Morgan fingerprint density at radius 3 is 2.75 bits per heavy atom. The average Bonchev–Trinajstić information content (AvgIpc) is 3.30. The van der Waals surface area contributed by atoms with Gasteiger partial charge in [0.1, 0.15) is 16.5 Å². The molecule has 0 saturated carbocycles. The Bertz CT molecular complexity index is 866. The fourth-order valence-corrected chi connectivity index (χ4v) is 3.73. The SMILES string of the molecule is COc1ccc(C(=O)/C=C/c2csc(-c3cccs3)n2)c(OC)c1. The van der Waals surface area contributed by atoms with E-state index >= 15 is 0 Å². The summed E-state index contributed by atoms with van der Waals surface area (Å²) in [7, 11) is 3.10. The molecule has 4 nitrogen and oxygen atoms in total. The first-order chi connectivity index (χ1) is 11.7. The monoisotopic (exact) mass is 357 g/mol. The second-order valence-corrected chi connectivity index (χ2v) is 6.62. The number of hydrogen-bond donors (Lipinski definition) is 0. The second-order valence-electron chi connectivity index (χ2n) is 4.82. The van der Waals surface area contributed by atoms with Gasteiger partial charge < -0.3 is 9.47 Å². The number of nitrogens with zero attached hydrogens (tertiary/aromatic N) is 1. The van der Waals surface area contributed by atoms with Crippen LogP contribution in [0.2, 0.25) is 0 Å². The lowest BCUT2D eigenvalue weighted by Crippen LogP contribution is -1.99. The molecule has 0 spiro atoms. The van der Waals surface area contributed by atoms with E-state index in [4.69, 9.17) is 9.47 Å². The van der Waals surface area contributed by atoms with Crippen molar-refractivity contribution in [1.82, 2.24) is 4.98 Å². The number of benzene rings is 1. The summed E-state index contributed by atoms with van der Waals surface area (Å²) in [5.74, 6) is 0.995. The molecule has 6 heteroatoms. The van der Waals surface area contributed by atoms with Gasteiger partial charge in [-0.05, 0) is 35.7 Å². The lowest BCUT2D eigenvalue weighted by Gasteiger charge is -2.07. The minimum Gasteiger partial charge on any atom is -0.497 e. The van der Waals surface area contributed by atoms with Gasteiger partial charge in [0.15, 0.2) is 5.78 Å². The normalized spacial score (nSPS) is 10.9. The van der Waals surface area contributed by atoms with Crippen LogP contribution >= 0.6 is 22.7 Å². The maximum absolute atomic E-state index is 12.4. The first-order valence-electron chi connectivity index (χ1n) is 7.15. The molecular formula is C18H15NO3S2. The first-order valence-corrected chi connectivity index (χ1v) is 8.91. The molecule has 0 saturated heterocycles. The fourth-order valence-electron chi connectivity index (χ4n) is 2.13. The zero-order valence-corrected chi connectivity index (χ0v) is 14.8. The summed E-state index contributed by atoms with van der Waals surface area (Å²) in [5, 5.41) is 4.91. The highest BCUT2D eigenvalue weighted by molar-refractivity contribution is 7.20. The van der Waals surface area contributed by atoms with Gasteiger partial charge in [0.25, 0.3) is 0 Å². The van der Waals surface area contributed by atoms with E-state index in [1.165, 1.54) is 13.2 Å². The summed E-state index contributed by atoms with van der Waals surface area (Å²) >= 11 is 3.21. The maximum Gasteiger partial charge on any atom is 0.189 e. The third-order valence-electron chi connectivity index (χ3n) is 3.33. The lowest BCUT2D eigenvalue weighted by molar-refractivity contribution is 0.104. The summed E-state index contributed by atoms with van der Waals surface area (Å²) in [6, 6.07) is 9.16. The highest BCUT2D eigenvalue weighted by atomic mass is 32.1. The van der Waals surface area contributed by atoms with E-state index in [0.29, 0.717) is 17.1 Å². The number of carbonyl (C=O) groups is 1. The number of allylic oxidation sites excluding steroid dienone is 1. The average molecular weight is 357 g/mol. The van der Waals surface area contributed by atoms with Gasteiger partial charge in [-0.2, -0.15) is 0 Å². The molecule has 3 aromatic rings. The number of carbonyl (C=O) groups excluding carboxylic acids is 1. The number of thiophene rings is 1. The van der Waals surface area contributed by atoms with Crippen molar-refractivity contribution in [2.24, 2.45) is 0 Å². The Hall–Kier alpha value is -2.44. The van der Waals surface area contributed by atoms with Crippen molar-refractivity contribution in [2.45, 2.75) is 0 Å². The smallest absolute Gasteiger partial charge is 0.189 e. The largest absolute Gasteiger partial charge is 0.497 e. The van der Waals surface area contributed by atoms with Crippen LogP contribution in [0.1, 0.15) is 16.1 Å². The lowest BCUT2D eigenvalue weighted by atomic mass is 10.1. The van der Waals surface area contributed by atoms with Gasteiger partial charge in [0, 0.05) is 11.4 Å². The van der Waals surface area contributed by atoms with Crippen LogP contribution in [-0.4, -0.2) is 25.0 Å². The van der Waals surface area contributed by atoms with Crippen LogP contribution in [0.3, 0.4) is 0 Å². The van der Waals surface area contributed by atoms with E-state index in [9.17, 15) is 4.79 Å². The van der Waals surface area contributed by atoms with Crippen molar-refractivity contribution in [3.05, 3.63) is 58.4 Å². The summed E-state index contributed by atoms with van der Waals surface area (Å²) in [5.41, 5.74) is 1.26. The van der Waals surface area contributed by atoms with Crippen LogP contribution < -0.4 is 9.47 Å². The Labute approximate surface area is 148 Å². The zero-order valence-electron chi connectivity index (χ0n) is 13.2. The number of hydrogen-bond acceptors (Lipinski definition) is 6. The second kappa shape index (κ2) is 7.42. The Morgan fingerprint density at radius 1 is 1.17 bits per heavy atom. The molecule has 0 radical (unpaired) electrons. The molecular weight excluding hydrogens is 342 g/mol. The summed E-state index contributed by atoms with van der Waals surface area (Å²) in [6.07, 6.45) is 3.23. The number of ether oxygens (including phenoxy) is 2. The van der Waals surface area contributed by atoms with Crippen LogP contribution in [-0.2, 0) is 0 Å². The van der Waals surface area contributed by atoms with Crippen LogP contribution in [0.5, 0.6) is 11.5 Å². The highest BCUT2D eigenvalue weighted by Gasteiger charge is 2.11. The van der Waals surface area contributed by atoms with Crippen molar-refractivity contribution in [3.8, 4) is 21.4 Å². The third kappa shape index (κ3) is 3.55. The molecule has 0 aliphatic heterocycles.